The molecular formula is C21H22FN3O2. The quantitative estimate of drug-likeness (QED) is 0.705. The third-order valence-corrected chi connectivity index (χ3v) is 5.41. The molecular weight excluding hydrogens is 345 g/mol. The van der Waals surface area contributed by atoms with Crippen molar-refractivity contribution in [3.8, 4) is 0 Å². The molecule has 1 fully saturated rings. The van der Waals surface area contributed by atoms with Crippen LogP contribution in [0.2, 0.25) is 0 Å². The molecule has 2 heterocycles. The highest BCUT2D eigenvalue weighted by Crippen LogP contribution is 2.22. The monoisotopic (exact) mass is 367 g/mol. The Labute approximate surface area is 156 Å². The van der Waals surface area contributed by atoms with Gasteiger partial charge in [0.2, 0.25) is 0 Å². The number of nitrogens with zero attached hydrogens (tertiary/aromatic N) is 2. The Morgan fingerprint density at radius 2 is 1.74 bits per heavy atom. The number of carbonyl (C=O) groups is 1. The molecule has 2 aromatic carbocycles. The zero-order chi connectivity index (χ0) is 18.8. The molecule has 4 rings (SSSR count). The average molecular weight is 367 g/mol. The minimum atomic E-state index is -0.325. The minimum absolute atomic E-state index is 0.0116. The van der Waals surface area contributed by atoms with E-state index in [2.05, 4.69) is 9.88 Å². The fourth-order valence-corrected chi connectivity index (χ4v) is 3.84. The minimum Gasteiger partial charge on any atom is -0.306 e. The van der Waals surface area contributed by atoms with Gasteiger partial charge in [0.1, 0.15) is 5.82 Å². The molecule has 0 atom stereocenters. The van der Waals surface area contributed by atoms with Crippen molar-refractivity contribution in [2.24, 2.45) is 5.92 Å². The molecule has 0 spiro atoms. The summed E-state index contributed by atoms with van der Waals surface area (Å²) in [4.78, 5) is 29.9. The van der Waals surface area contributed by atoms with Crippen molar-refractivity contribution in [3.05, 3.63) is 70.4 Å². The molecule has 1 aromatic heterocycles. The number of fused-ring (bicyclic) bond motifs is 1. The molecule has 1 N–H and O–H groups in total. The molecule has 0 amide bonds. The number of aromatic nitrogens is 2. The second-order valence-corrected chi connectivity index (χ2v) is 7.09. The lowest BCUT2D eigenvalue weighted by atomic mass is 9.89. The largest absolute Gasteiger partial charge is 0.326 e. The van der Waals surface area contributed by atoms with E-state index in [1.54, 1.807) is 16.7 Å². The van der Waals surface area contributed by atoms with E-state index in [0.29, 0.717) is 12.1 Å². The van der Waals surface area contributed by atoms with Gasteiger partial charge in [0.25, 0.3) is 0 Å². The van der Waals surface area contributed by atoms with Crippen LogP contribution >= 0.6 is 0 Å². The fourth-order valence-electron chi connectivity index (χ4n) is 3.84. The van der Waals surface area contributed by atoms with E-state index in [0.717, 1.165) is 43.5 Å². The Morgan fingerprint density at radius 1 is 1.04 bits per heavy atom. The Hall–Kier alpha value is -2.73. The van der Waals surface area contributed by atoms with E-state index in [1.807, 2.05) is 24.3 Å². The van der Waals surface area contributed by atoms with Crippen LogP contribution in [0.5, 0.6) is 0 Å². The van der Waals surface area contributed by atoms with Crippen LogP contribution in [-0.4, -0.2) is 39.9 Å². The highest BCUT2D eigenvalue weighted by atomic mass is 19.1. The summed E-state index contributed by atoms with van der Waals surface area (Å²) in [5, 5.41) is 0. The second kappa shape index (κ2) is 7.48. The van der Waals surface area contributed by atoms with E-state index in [9.17, 15) is 14.0 Å². The third kappa shape index (κ3) is 3.71. The van der Waals surface area contributed by atoms with Gasteiger partial charge in [-0.2, -0.15) is 0 Å². The second-order valence-electron chi connectivity index (χ2n) is 7.09. The van der Waals surface area contributed by atoms with Gasteiger partial charge < -0.3 is 9.88 Å². The van der Waals surface area contributed by atoms with Crippen molar-refractivity contribution in [2.75, 3.05) is 19.6 Å². The number of H-pyrrole nitrogens is 1. The SMILES string of the molecule is O=C(c1ccc(F)cc1)C1CCN(CCn2c(=O)[nH]c3ccccc32)CC1. The van der Waals surface area contributed by atoms with Gasteiger partial charge in [-0.15, -0.1) is 0 Å². The molecule has 3 aromatic rings. The van der Waals surface area contributed by atoms with Gasteiger partial charge >= 0.3 is 5.69 Å². The van der Waals surface area contributed by atoms with Crippen LogP contribution in [0.1, 0.15) is 23.2 Å². The van der Waals surface area contributed by atoms with Gasteiger partial charge in [-0.25, -0.2) is 9.18 Å². The number of halogens is 1. The number of aromatic amines is 1. The lowest BCUT2D eigenvalue weighted by Gasteiger charge is -2.31. The number of imidazole rings is 1. The van der Waals surface area contributed by atoms with Crippen LogP contribution in [0.25, 0.3) is 11.0 Å². The number of likely N-dealkylation sites (tertiary alicyclic amines) is 1. The van der Waals surface area contributed by atoms with Crippen molar-refractivity contribution >= 4 is 16.8 Å². The first-order chi connectivity index (χ1) is 13.1. The molecule has 140 valence electrons. The van der Waals surface area contributed by atoms with Crippen molar-refractivity contribution < 1.29 is 9.18 Å². The highest BCUT2D eigenvalue weighted by Gasteiger charge is 2.25. The van der Waals surface area contributed by atoms with Crippen molar-refractivity contribution in [1.82, 2.24) is 14.5 Å². The zero-order valence-corrected chi connectivity index (χ0v) is 15.0. The van der Waals surface area contributed by atoms with Crippen LogP contribution in [0, 0.1) is 11.7 Å². The summed E-state index contributed by atoms with van der Waals surface area (Å²) in [5.74, 6) is -0.237. The summed E-state index contributed by atoms with van der Waals surface area (Å²) in [6.07, 6.45) is 1.58. The Balaban J connectivity index is 1.34. The summed E-state index contributed by atoms with van der Waals surface area (Å²) in [5.41, 5.74) is 2.27. The average Bonchev–Trinajstić information content (AvgIpc) is 3.02. The van der Waals surface area contributed by atoms with Crippen LogP contribution in [0.4, 0.5) is 4.39 Å². The predicted molar refractivity (Wildman–Crippen MR) is 102 cm³/mol. The molecule has 27 heavy (non-hydrogen) atoms. The number of rotatable bonds is 5. The molecule has 5 nitrogen and oxygen atoms in total. The Kier molecular flexibility index (Phi) is 4.90. The van der Waals surface area contributed by atoms with E-state index in [-0.39, 0.29) is 23.2 Å². The smallest absolute Gasteiger partial charge is 0.306 e. The molecule has 1 aliphatic rings. The van der Waals surface area contributed by atoms with Crippen LogP contribution in [-0.2, 0) is 6.54 Å². The molecule has 0 bridgehead atoms. The number of piperidine rings is 1. The summed E-state index contributed by atoms with van der Waals surface area (Å²) in [6.45, 7) is 3.06. The first kappa shape index (κ1) is 17.7. The molecule has 0 unspecified atom stereocenters. The van der Waals surface area contributed by atoms with Crippen molar-refractivity contribution in [1.29, 1.82) is 0 Å². The van der Waals surface area contributed by atoms with E-state index in [1.165, 1.54) is 12.1 Å². The number of hydrogen-bond acceptors (Lipinski definition) is 3. The maximum atomic E-state index is 13.0. The van der Waals surface area contributed by atoms with Gasteiger partial charge in [-0.1, -0.05) is 12.1 Å². The Morgan fingerprint density at radius 3 is 2.48 bits per heavy atom. The topological polar surface area (TPSA) is 58.1 Å². The van der Waals surface area contributed by atoms with E-state index >= 15 is 0 Å². The fraction of sp³-hybridized carbons (Fsp3) is 0.333. The lowest BCUT2D eigenvalue weighted by molar-refractivity contribution is 0.0837. The lowest BCUT2D eigenvalue weighted by Crippen LogP contribution is -2.38. The van der Waals surface area contributed by atoms with Crippen LogP contribution < -0.4 is 5.69 Å². The number of Topliss-reactive ketones (excluding diaryl/α,β-unsaturated/α-hetero) is 1. The first-order valence-electron chi connectivity index (χ1n) is 9.31. The third-order valence-electron chi connectivity index (χ3n) is 5.41. The van der Waals surface area contributed by atoms with Gasteiger partial charge in [0.15, 0.2) is 5.78 Å². The van der Waals surface area contributed by atoms with Gasteiger partial charge in [0, 0.05) is 24.6 Å². The van der Waals surface area contributed by atoms with Crippen LogP contribution in [0.3, 0.4) is 0 Å². The molecule has 6 heteroatoms. The van der Waals surface area contributed by atoms with Gasteiger partial charge in [0.05, 0.1) is 11.0 Å². The summed E-state index contributed by atoms with van der Waals surface area (Å²) < 4.78 is 14.8. The van der Waals surface area contributed by atoms with Crippen molar-refractivity contribution in [3.63, 3.8) is 0 Å². The maximum absolute atomic E-state index is 13.0. The zero-order valence-electron chi connectivity index (χ0n) is 15.0. The van der Waals surface area contributed by atoms with Crippen molar-refractivity contribution in [2.45, 2.75) is 19.4 Å². The number of carbonyl (C=O) groups excluding carboxylic acids is 1. The Bertz CT molecular complexity index is 998. The normalized spacial score (nSPS) is 16.0. The molecule has 0 aliphatic carbocycles. The maximum Gasteiger partial charge on any atom is 0.326 e. The number of benzene rings is 2. The number of nitrogens with one attached hydrogen (secondary N) is 1. The number of para-hydroxylation sites is 2. The number of hydrogen-bond donors (Lipinski definition) is 1. The van der Waals surface area contributed by atoms with E-state index < -0.39 is 0 Å². The summed E-state index contributed by atoms with van der Waals surface area (Å²) >= 11 is 0. The standard InChI is InChI=1S/C21H22FN3O2/c22-17-7-5-15(6-8-17)20(26)16-9-11-24(12-10-16)13-14-25-19-4-2-1-3-18(19)23-21(25)27/h1-8,16H,9-14H2,(H,23,27). The van der Waals surface area contributed by atoms with Crippen LogP contribution in [0.15, 0.2) is 53.3 Å². The van der Waals surface area contributed by atoms with Gasteiger partial charge in [-0.3, -0.25) is 9.36 Å². The molecule has 0 saturated carbocycles. The van der Waals surface area contributed by atoms with E-state index in [4.69, 9.17) is 0 Å². The molecule has 1 saturated heterocycles. The first-order valence-corrected chi connectivity index (χ1v) is 9.31. The molecule has 0 radical (unpaired) electrons. The number of ketones is 1. The predicted octanol–water partition coefficient (Wildman–Crippen LogP) is 3.06. The summed E-state index contributed by atoms with van der Waals surface area (Å²) in [7, 11) is 0. The van der Waals surface area contributed by atoms with Gasteiger partial charge in [-0.05, 0) is 62.3 Å². The summed E-state index contributed by atoms with van der Waals surface area (Å²) in [6, 6.07) is 13.5. The highest BCUT2D eigenvalue weighted by molar-refractivity contribution is 5.97. The molecule has 1 aliphatic heterocycles.